The summed E-state index contributed by atoms with van der Waals surface area (Å²) in [5.41, 5.74) is 12.4. The lowest BCUT2D eigenvalue weighted by atomic mass is 10.2. The molecule has 0 saturated carbocycles. The maximum atomic E-state index is 5.71. The van der Waals surface area contributed by atoms with Crippen molar-refractivity contribution in [1.82, 2.24) is 0 Å². The van der Waals surface area contributed by atoms with Crippen molar-refractivity contribution < 1.29 is 9.47 Å². The van der Waals surface area contributed by atoms with Crippen LogP contribution in [-0.4, -0.2) is 7.11 Å². The maximum Gasteiger partial charge on any atom is 0.169 e. The molecule has 0 spiro atoms. The van der Waals surface area contributed by atoms with Crippen molar-refractivity contribution >= 4 is 11.4 Å². The molecule has 0 amide bonds. The fourth-order valence-corrected chi connectivity index (χ4v) is 1.45. The average molecular weight is 230 g/mol. The van der Waals surface area contributed by atoms with Crippen LogP contribution in [0.5, 0.6) is 17.2 Å². The highest BCUT2D eigenvalue weighted by Crippen LogP contribution is 2.32. The molecule has 0 aliphatic carbocycles. The number of nitrogens with two attached hydrogens (primary N) is 2. The van der Waals surface area contributed by atoms with Crippen molar-refractivity contribution in [2.75, 3.05) is 18.6 Å². The van der Waals surface area contributed by atoms with E-state index in [1.165, 1.54) is 0 Å². The second kappa shape index (κ2) is 4.65. The SMILES string of the molecule is COc1ccccc1Oc1ccc(N)c(N)c1. The summed E-state index contributed by atoms with van der Waals surface area (Å²) in [6, 6.07) is 12.6. The molecule has 2 rings (SSSR count). The summed E-state index contributed by atoms with van der Waals surface area (Å²) in [5.74, 6) is 1.93. The van der Waals surface area contributed by atoms with Gasteiger partial charge in [0.25, 0.3) is 0 Å². The second-order valence-corrected chi connectivity index (χ2v) is 3.54. The molecule has 2 aromatic rings. The van der Waals surface area contributed by atoms with Crippen LogP contribution in [0.4, 0.5) is 11.4 Å². The Morgan fingerprint density at radius 3 is 2.24 bits per heavy atom. The van der Waals surface area contributed by atoms with Gasteiger partial charge in [-0.2, -0.15) is 0 Å². The number of para-hydroxylation sites is 2. The number of ether oxygens (including phenoxy) is 2. The largest absolute Gasteiger partial charge is 0.493 e. The van der Waals surface area contributed by atoms with Gasteiger partial charge in [0.2, 0.25) is 0 Å². The van der Waals surface area contributed by atoms with E-state index < -0.39 is 0 Å². The highest BCUT2D eigenvalue weighted by molar-refractivity contribution is 5.65. The first kappa shape index (κ1) is 11.1. The van der Waals surface area contributed by atoms with Crippen LogP contribution >= 0.6 is 0 Å². The fourth-order valence-electron chi connectivity index (χ4n) is 1.45. The predicted molar refractivity (Wildman–Crippen MR) is 68.3 cm³/mol. The molecule has 0 radical (unpaired) electrons. The molecule has 4 heteroatoms. The predicted octanol–water partition coefficient (Wildman–Crippen LogP) is 2.65. The molecule has 0 unspecified atom stereocenters. The zero-order valence-electron chi connectivity index (χ0n) is 9.51. The molecular weight excluding hydrogens is 216 g/mol. The molecule has 0 aromatic heterocycles. The third-order valence-electron chi connectivity index (χ3n) is 2.36. The Bertz CT molecular complexity index is 527. The molecule has 0 fully saturated rings. The van der Waals surface area contributed by atoms with Crippen molar-refractivity contribution in [1.29, 1.82) is 0 Å². The minimum Gasteiger partial charge on any atom is -0.493 e. The Labute approximate surface area is 99.8 Å². The minimum absolute atomic E-state index is 0.498. The lowest BCUT2D eigenvalue weighted by Gasteiger charge is -2.10. The Balaban J connectivity index is 2.28. The van der Waals surface area contributed by atoms with E-state index in [2.05, 4.69) is 0 Å². The van der Waals surface area contributed by atoms with Gasteiger partial charge in [-0.05, 0) is 24.3 Å². The van der Waals surface area contributed by atoms with Crippen LogP contribution in [0.3, 0.4) is 0 Å². The van der Waals surface area contributed by atoms with E-state index in [0.29, 0.717) is 28.6 Å². The van der Waals surface area contributed by atoms with Gasteiger partial charge in [0.05, 0.1) is 18.5 Å². The van der Waals surface area contributed by atoms with E-state index in [1.807, 2.05) is 24.3 Å². The molecule has 0 heterocycles. The normalized spacial score (nSPS) is 9.94. The van der Waals surface area contributed by atoms with Gasteiger partial charge >= 0.3 is 0 Å². The van der Waals surface area contributed by atoms with Gasteiger partial charge in [0.1, 0.15) is 5.75 Å². The van der Waals surface area contributed by atoms with Crippen LogP contribution in [0, 0.1) is 0 Å². The first-order chi connectivity index (χ1) is 8.20. The third-order valence-corrected chi connectivity index (χ3v) is 2.36. The van der Waals surface area contributed by atoms with E-state index in [0.717, 1.165) is 0 Å². The molecule has 0 saturated heterocycles. The molecular formula is C13H14N2O2. The molecule has 0 bridgehead atoms. The zero-order chi connectivity index (χ0) is 12.3. The topological polar surface area (TPSA) is 70.5 Å². The Morgan fingerprint density at radius 1 is 0.882 bits per heavy atom. The van der Waals surface area contributed by atoms with E-state index in [1.54, 1.807) is 25.3 Å². The number of nitrogen functional groups attached to an aromatic ring is 2. The smallest absolute Gasteiger partial charge is 0.169 e. The number of anilines is 2. The molecule has 4 nitrogen and oxygen atoms in total. The standard InChI is InChI=1S/C13H14N2O2/c1-16-12-4-2-3-5-13(12)17-9-6-7-10(14)11(15)8-9/h2-8H,14-15H2,1H3. The maximum absolute atomic E-state index is 5.71. The Morgan fingerprint density at radius 2 is 1.59 bits per heavy atom. The molecule has 4 N–H and O–H groups in total. The van der Waals surface area contributed by atoms with E-state index in [-0.39, 0.29) is 0 Å². The highest BCUT2D eigenvalue weighted by atomic mass is 16.5. The van der Waals surface area contributed by atoms with Crippen LogP contribution in [0.1, 0.15) is 0 Å². The van der Waals surface area contributed by atoms with Crippen LogP contribution in [0.25, 0.3) is 0 Å². The summed E-state index contributed by atoms with van der Waals surface area (Å²) >= 11 is 0. The fraction of sp³-hybridized carbons (Fsp3) is 0.0769. The number of hydrogen-bond acceptors (Lipinski definition) is 4. The summed E-state index contributed by atoms with van der Waals surface area (Å²) in [4.78, 5) is 0. The van der Waals surface area contributed by atoms with Crippen molar-refractivity contribution in [2.24, 2.45) is 0 Å². The van der Waals surface area contributed by atoms with Gasteiger partial charge in [-0.1, -0.05) is 12.1 Å². The van der Waals surface area contributed by atoms with Gasteiger partial charge in [-0.15, -0.1) is 0 Å². The molecule has 0 aliphatic heterocycles. The van der Waals surface area contributed by atoms with Gasteiger partial charge in [-0.25, -0.2) is 0 Å². The average Bonchev–Trinajstić information content (AvgIpc) is 2.34. The first-order valence-electron chi connectivity index (χ1n) is 5.16. The summed E-state index contributed by atoms with van der Waals surface area (Å²) in [5, 5.41) is 0. The van der Waals surface area contributed by atoms with Crippen molar-refractivity contribution in [2.45, 2.75) is 0 Å². The summed E-state index contributed by atoms with van der Waals surface area (Å²) in [6.45, 7) is 0. The summed E-state index contributed by atoms with van der Waals surface area (Å²) in [6.07, 6.45) is 0. The minimum atomic E-state index is 0.498. The second-order valence-electron chi connectivity index (χ2n) is 3.54. The van der Waals surface area contributed by atoms with Gasteiger partial charge in [0, 0.05) is 6.07 Å². The van der Waals surface area contributed by atoms with Crippen LogP contribution in [-0.2, 0) is 0 Å². The molecule has 0 aliphatic rings. The summed E-state index contributed by atoms with van der Waals surface area (Å²) < 4.78 is 10.9. The lowest BCUT2D eigenvalue weighted by Crippen LogP contribution is -1.95. The molecule has 17 heavy (non-hydrogen) atoms. The van der Waals surface area contributed by atoms with Crippen molar-refractivity contribution in [3.05, 3.63) is 42.5 Å². The summed E-state index contributed by atoms with van der Waals surface area (Å²) in [7, 11) is 1.60. The highest BCUT2D eigenvalue weighted by Gasteiger charge is 2.05. The quantitative estimate of drug-likeness (QED) is 0.795. The van der Waals surface area contributed by atoms with Crippen molar-refractivity contribution in [3.63, 3.8) is 0 Å². The monoisotopic (exact) mass is 230 g/mol. The van der Waals surface area contributed by atoms with Gasteiger partial charge in [0.15, 0.2) is 11.5 Å². The first-order valence-corrected chi connectivity index (χ1v) is 5.16. The van der Waals surface area contributed by atoms with Crippen LogP contribution in [0.15, 0.2) is 42.5 Å². The van der Waals surface area contributed by atoms with Crippen LogP contribution in [0.2, 0.25) is 0 Å². The van der Waals surface area contributed by atoms with E-state index in [4.69, 9.17) is 20.9 Å². The third kappa shape index (κ3) is 2.42. The van der Waals surface area contributed by atoms with E-state index >= 15 is 0 Å². The van der Waals surface area contributed by atoms with E-state index in [9.17, 15) is 0 Å². The van der Waals surface area contributed by atoms with Crippen LogP contribution < -0.4 is 20.9 Å². The molecule has 88 valence electrons. The number of methoxy groups -OCH3 is 1. The lowest BCUT2D eigenvalue weighted by molar-refractivity contribution is 0.379. The number of rotatable bonds is 3. The Kier molecular flexibility index (Phi) is 3.05. The van der Waals surface area contributed by atoms with Gasteiger partial charge in [-0.3, -0.25) is 0 Å². The van der Waals surface area contributed by atoms with Crippen molar-refractivity contribution in [3.8, 4) is 17.2 Å². The number of benzene rings is 2. The number of hydrogen-bond donors (Lipinski definition) is 2. The Hall–Kier alpha value is -2.36. The molecule has 0 atom stereocenters. The van der Waals surface area contributed by atoms with Gasteiger partial charge < -0.3 is 20.9 Å². The zero-order valence-corrected chi connectivity index (χ0v) is 9.51. The molecule has 2 aromatic carbocycles.